The van der Waals surface area contributed by atoms with Gasteiger partial charge in [0.05, 0.1) is 19.0 Å². The highest BCUT2D eigenvalue weighted by molar-refractivity contribution is 5.87. The van der Waals surface area contributed by atoms with Gasteiger partial charge in [-0.05, 0) is 40.2 Å². The Hall–Kier alpha value is -1.71. The maximum atomic E-state index is 11.1. The van der Waals surface area contributed by atoms with Crippen molar-refractivity contribution in [3.63, 3.8) is 0 Å². The number of rotatable bonds is 6. The van der Waals surface area contributed by atoms with E-state index in [1.165, 1.54) is 7.11 Å². The summed E-state index contributed by atoms with van der Waals surface area (Å²) in [5.74, 6) is 0.448. The lowest BCUT2D eigenvalue weighted by Gasteiger charge is -2.09. The summed E-state index contributed by atoms with van der Waals surface area (Å²) in [4.78, 5) is 11.1. The molecule has 0 bridgehead atoms. The van der Waals surface area contributed by atoms with Crippen molar-refractivity contribution in [3.05, 3.63) is 35.3 Å². The van der Waals surface area contributed by atoms with Crippen molar-refractivity contribution < 1.29 is 14.3 Å². The molecule has 0 spiro atoms. The van der Waals surface area contributed by atoms with Crippen LogP contribution in [0.2, 0.25) is 0 Å². The van der Waals surface area contributed by atoms with Crippen LogP contribution in [0.4, 0.5) is 0 Å². The van der Waals surface area contributed by atoms with Crippen LogP contribution in [-0.4, -0.2) is 19.2 Å². The molecule has 4 heteroatoms. The molecule has 0 aliphatic carbocycles. The van der Waals surface area contributed by atoms with E-state index in [1.54, 1.807) is 19.1 Å². The van der Waals surface area contributed by atoms with E-state index in [0.29, 0.717) is 17.7 Å². The molecule has 0 saturated carbocycles. The second-order valence-electron chi connectivity index (χ2n) is 4.24. The van der Waals surface area contributed by atoms with E-state index in [4.69, 9.17) is 10.5 Å². The van der Waals surface area contributed by atoms with E-state index in [-0.39, 0.29) is 12.1 Å². The SMILES string of the molecule is COC(=O)/C(C)=C/C/C=C(N)\C=C(/C)OC(C)C. The van der Waals surface area contributed by atoms with Crippen LogP contribution in [0.3, 0.4) is 0 Å². The predicted molar refractivity (Wildman–Crippen MR) is 72.6 cm³/mol. The number of hydrogen-bond acceptors (Lipinski definition) is 4. The average molecular weight is 253 g/mol. The van der Waals surface area contributed by atoms with E-state index in [0.717, 1.165) is 5.76 Å². The Bertz CT molecular complexity index is 365. The number of esters is 1. The monoisotopic (exact) mass is 253 g/mol. The third-order valence-electron chi connectivity index (χ3n) is 2.08. The van der Waals surface area contributed by atoms with Crippen LogP contribution in [0.15, 0.2) is 35.3 Å². The van der Waals surface area contributed by atoms with E-state index < -0.39 is 0 Å². The van der Waals surface area contributed by atoms with Gasteiger partial charge in [-0.1, -0.05) is 12.2 Å². The fourth-order valence-corrected chi connectivity index (χ4v) is 1.32. The number of methoxy groups -OCH3 is 1. The van der Waals surface area contributed by atoms with Crippen molar-refractivity contribution in [1.29, 1.82) is 0 Å². The van der Waals surface area contributed by atoms with E-state index in [2.05, 4.69) is 4.74 Å². The molecule has 2 N–H and O–H groups in total. The Morgan fingerprint density at radius 1 is 1.28 bits per heavy atom. The molecule has 0 aliphatic rings. The number of carbonyl (C=O) groups excluding carboxylic acids is 1. The third kappa shape index (κ3) is 7.54. The number of hydrogen-bond donors (Lipinski definition) is 1. The Balaban J connectivity index is 4.40. The van der Waals surface area contributed by atoms with Gasteiger partial charge < -0.3 is 15.2 Å². The highest BCUT2D eigenvalue weighted by atomic mass is 16.5. The smallest absolute Gasteiger partial charge is 0.333 e. The average Bonchev–Trinajstić information content (AvgIpc) is 2.26. The number of nitrogens with two attached hydrogens (primary N) is 1. The Labute approximate surface area is 109 Å². The van der Waals surface area contributed by atoms with Crippen molar-refractivity contribution >= 4 is 5.97 Å². The van der Waals surface area contributed by atoms with Crippen LogP contribution in [-0.2, 0) is 14.3 Å². The van der Waals surface area contributed by atoms with E-state index in [1.807, 2.05) is 26.8 Å². The molecule has 0 fully saturated rings. The molecule has 0 saturated heterocycles. The number of carbonyl (C=O) groups is 1. The molecule has 0 aromatic carbocycles. The molecule has 0 radical (unpaired) electrons. The third-order valence-corrected chi connectivity index (χ3v) is 2.08. The van der Waals surface area contributed by atoms with Crippen LogP contribution in [0.25, 0.3) is 0 Å². The fourth-order valence-electron chi connectivity index (χ4n) is 1.32. The van der Waals surface area contributed by atoms with Gasteiger partial charge in [0, 0.05) is 11.3 Å². The van der Waals surface area contributed by atoms with Crippen LogP contribution < -0.4 is 5.73 Å². The number of allylic oxidation sites excluding steroid dienone is 4. The van der Waals surface area contributed by atoms with Crippen LogP contribution in [0.1, 0.15) is 34.1 Å². The molecule has 0 unspecified atom stereocenters. The van der Waals surface area contributed by atoms with Gasteiger partial charge in [-0.15, -0.1) is 0 Å². The van der Waals surface area contributed by atoms with Gasteiger partial charge in [0.2, 0.25) is 0 Å². The maximum absolute atomic E-state index is 11.1. The second-order valence-corrected chi connectivity index (χ2v) is 4.24. The summed E-state index contributed by atoms with van der Waals surface area (Å²) in [5.41, 5.74) is 6.99. The van der Waals surface area contributed by atoms with Crippen LogP contribution >= 0.6 is 0 Å². The first-order valence-electron chi connectivity index (χ1n) is 5.92. The fraction of sp³-hybridized carbons (Fsp3) is 0.500. The molecular formula is C14H23NO3. The van der Waals surface area contributed by atoms with Gasteiger partial charge in [0.15, 0.2) is 0 Å². The predicted octanol–water partition coefficient (Wildman–Crippen LogP) is 2.67. The van der Waals surface area contributed by atoms with Crippen molar-refractivity contribution in [2.45, 2.75) is 40.2 Å². The van der Waals surface area contributed by atoms with Gasteiger partial charge in [-0.3, -0.25) is 0 Å². The van der Waals surface area contributed by atoms with Gasteiger partial charge in [0.1, 0.15) is 0 Å². The van der Waals surface area contributed by atoms with Gasteiger partial charge >= 0.3 is 5.97 Å². The summed E-state index contributed by atoms with van der Waals surface area (Å²) in [6.07, 6.45) is 6.07. The van der Waals surface area contributed by atoms with E-state index >= 15 is 0 Å². The first-order chi connectivity index (χ1) is 8.36. The van der Waals surface area contributed by atoms with Crippen molar-refractivity contribution in [2.24, 2.45) is 5.73 Å². The van der Waals surface area contributed by atoms with Crippen LogP contribution in [0.5, 0.6) is 0 Å². The quantitative estimate of drug-likeness (QED) is 0.342. The summed E-state index contributed by atoms with van der Waals surface area (Å²) in [5, 5.41) is 0. The lowest BCUT2D eigenvalue weighted by molar-refractivity contribution is -0.136. The molecule has 0 aromatic heterocycles. The Morgan fingerprint density at radius 2 is 1.89 bits per heavy atom. The second kappa shape index (κ2) is 8.39. The molecule has 0 aromatic rings. The maximum Gasteiger partial charge on any atom is 0.333 e. The lowest BCUT2D eigenvalue weighted by atomic mass is 10.2. The zero-order valence-corrected chi connectivity index (χ0v) is 11.8. The van der Waals surface area contributed by atoms with Crippen molar-refractivity contribution in [3.8, 4) is 0 Å². The minimum absolute atomic E-state index is 0.135. The zero-order valence-electron chi connectivity index (χ0n) is 11.8. The normalized spacial score (nSPS) is 13.8. The van der Waals surface area contributed by atoms with Gasteiger partial charge in [-0.2, -0.15) is 0 Å². The summed E-state index contributed by atoms with van der Waals surface area (Å²) in [7, 11) is 1.36. The Kier molecular flexibility index (Phi) is 7.59. The summed E-state index contributed by atoms with van der Waals surface area (Å²) in [6.45, 7) is 7.48. The number of ether oxygens (including phenoxy) is 2. The first-order valence-corrected chi connectivity index (χ1v) is 5.92. The van der Waals surface area contributed by atoms with Gasteiger partial charge in [-0.25, -0.2) is 4.79 Å². The molecule has 0 amide bonds. The zero-order chi connectivity index (χ0) is 14.1. The molecule has 102 valence electrons. The lowest BCUT2D eigenvalue weighted by Crippen LogP contribution is -2.02. The molecule has 4 nitrogen and oxygen atoms in total. The molecule has 18 heavy (non-hydrogen) atoms. The van der Waals surface area contributed by atoms with E-state index in [9.17, 15) is 4.79 Å². The summed E-state index contributed by atoms with van der Waals surface area (Å²) >= 11 is 0. The van der Waals surface area contributed by atoms with Crippen molar-refractivity contribution in [2.75, 3.05) is 7.11 Å². The molecule has 0 atom stereocenters. The first kappa shape index (κ1) is 16.3. The highest BCUT2D eigenvalue weighted by Crippen LogP contribution is 2.05. The standard InChI is InChI=1S/C14H23NO3/c1-10(2)18-12(4)9-13(15)8-6-7-11(3)14(16)17-5/h7-10H,6,15H2,1-5H3/b11-7+,12-9+,13-8+. The minimum atomic E-state index is -0.322. The van der Waals surface area contributed by atoms with Gasteiger partial charge in [0.25, 0.3) is 0 Å². The minimum Gasteiger partial charge on any atom is -0.496 e. The summed E-state index contributed by atoms with van der Waals surface area (Å²) < 4.78 is 10.0. The highest BCUT2D eigenvalue weighted by Gasteiger charge is 2.00. The molecular weight excluding hydrogens is 230 g/mol. The molecule has 0 aliphatic heterocycles. The summed E-state index contributed by atoms with van der Waals surface area (Å²) in [6, 6.07) is 0. The Morgan fingerprint density at radius 3 is 2.39 bits per heavy atom. The molecule has 0 rings (SSSR count). The van der Waals surface area contributed by atoms with Crippen molar-refractivity contribution in [1.82, 2.24) is 0 Å². The topological polar surface area (TPSA) is 61.5 Å². The largest absolute Gasteiger partial charge is 0.496 e. The van der Waals surface area contributed by atoms with Crippen LogP contribution in [0, 0.1) is 0 Å². The molecule has 0 heterocycles.